The maximum Gasteiger partial charge on any atom is 0.223 e. The van der Waals surface area contributed by atoms with Gasteiger partial charge in [0.2, 0.25) is 5.95 Å². The van der Waals surface area contributed by atoms with Crippen LogP contribution in [0.15, 0.2) is 6.20 Å². The van der Waals surface area contributed by atoms with Gasteiger partial charge in [0.15, 0.2) is 0 Å². The van der Waals surface area contributed by atoms with Crippen LogP contribution in [0.1, 0.15) is 44.4 Å². The first-order valence-electron chi connectivity index (χ1n) is 6.83. The van der Waals surface area contributed by atoms with E-state index in [-0.39, 0.29) is 0 Å². The molecule has 3 rings (SSSR count). The zero-order chi connectivity index (χ0) is 11.8. The Morgan fingerprint density at radius 2 is 2.12 bits per heavy atom. The van der Waals surface area contributed by atoms with Gasteiger partial charge in [0.25, 0.3) is 0 Å². The van der Waals surface area contributed by atoms with Gasteiger partial charge in [-0.2, -0.15) is 0 Å². The Hall–Kier alpha value is -1.12. The van der Waals surface area contributed by atoms with Gasteiger partial charge in [-0.1, -0.05) is 13.8 Å². The van der Waals surface area contributed by atoms with Crippen LogP contribution in [0.3, 0.4) is 0 Å². The average Bonchev–Trinajstić information content (AvgIpc) is 3.12. The van der Waals surface area contributed by atoms with Gasteiger partial charge < -0.3 is 5.32 Å². The van der Waals surface area contributed by atoms with E-state index in [9.17, 15) is 0 Å². The molecule has 2 aliphatic carbocycles. The summed E-state index contributed by atoms with van der Waals surface area (Å²) < 4.78 is 0. The number of hydrogen-bond donors (Lipinski definition) is 1. The van der Waals surface area contributed by atoms with E-state index in [4.69, 9.17) is 0 Å². The lowest BCUT2D eigenvalue weighted by molar-refractivity contribution is 0.339. The summed E-state index contributed by atoms with van der Waals surface area (Å²) in [4.78, 5) is 9.11. The van der Waals surface area contributed by atoms with Crippen molar-refractivity contribution in [3.63, 3.8) is 0 Å². The van der Waals surface area contributed by atoms with E-state index in [2.05, 4.69) is 29.1 Å². The summed E-state index contributed by atoms with van der Waals surface area (Å²) in [6, 6.07) is 0.639. The number of aromatic nitrogens is 2. The molecule has 0 bridgehead atoms. The summed E-state index contributed by atoms with van der Waals surface area (Å²) in [5.74, 6) is 2.43. The minimum absolute atomic E-state index is 0.639. The van der Waals surface area contributed by atoms with Crippen LogP contribution in [-0.2, 0) is 12.8 Å². The van der Waals surface area contributed by atoms with Crippen molar-refractivity contribution in [2.24, 2.45) is 11.8 Å². The van der Waals surface area contributed by atoms with Crippen molar-refractivity contribution in [2.45, 2.75) is 52.0 Å². The minimum atomic E-state index is 0.639. The highest BCUT2D eigenvalue weighted by Gasteiger charge is 2.25. The Labute approximate surface area is 103 Å². The van der Waals surface area contributed by atoms with E-state index in [0.29, 0.717) is 6.04 Å². The molecule has 0 aromatic carbocycles. The molecule has 0 spiro atoms. The molecule has 1 aromatic rings. The predicted molar refractivity (Wildman–Crippen MR) is 69.0 cm³/mol. The first-order chi connectivity index (χ1) is 8.22. The molecule has 3 heteroatoms. The fourth-order valence-electron chi connectivity index (χ4n) is 2.58. The molecule has 1 unspecified atom stereocenters. The van der Waals surface area contributed by atoms with Crippen LogP contribution >= 0.6 is 0 Å². The third-order valence-corrected chi connectivity index (χ3v) is 4.04. The van der Waals surface area contributed by atoms with Gasteiger partial charge in [0, 0.05) is 17.9 Å². The lowest BCUT2D eigenvalue weighted by Gasteiger charge is -2.26. The fraction of sp³-hybridized carbons (Fsp3) is 0.714. The molecule has 3 nitrogen and oxygen atoms in total. The molecule has 1 saturated carbocycles. The number of nitrogens with one attached hydrogen (secondary N) is 1. The predicted octanol–water partition coefficient (Wildman–Crippen LogP) is 2.81. The fourth-order valence-corrected chi connectivity index (χ4v) is 2.58. The zero-order valence-corrected chi connectivity index (χ0v) is 10.7. The first-order valence-corrected chi connectivity index (χ1v) is 6.83. The normalized spacial score (nSPS) is 23.6. The standard InChI is InChI=1S/C14H21N3/c1-9(2)10-3-6-13-11(7-10)8-15-14(17-13)16-12-4-5-12/h8-10,12H,3-7H2,1-2H3,(H,15,16,17). The second-order valence-corrected chi connectivity index (χ2v) is 5.83. The molecular weight excluding hydrogens is 210 g/mol. The topological polar surface area (TPSA) is 37.8 Å². The maximum absolute atomic E-state index is 4.66. The summed E-state index contributed by atoms with van der Waals surface area (Å²) >= 11 is 0. The van der Waals surface area contributed by atoms with Gasteiger partial charge >= 0.3 is 0 Å². The summed E-state index contributed by atoms with van der Waals surface area (Å²) in [7, 11) is 0. The van der Waals surface area contributed by atoms with Gasteiger partial charge in [-0.05, 0) is 49.5 Å². The molecule has 1 atom stereocenters. The largest absolute Gasteiger partial charge is 0.351 e. The van der Waals surface area contributed by atoms with E-state index >= 15 is 0 Å². The summed E-state index contributed by atoms with van der Waals surface area (Å²) in [5, 5.41) is 3.38. The molecule has 92 valence electrons. The van der Waals surface area contributed by atoms with Crippen LogP contribution in [0, 0.1) is 11.8 Å². The van der Waals surface area contributed by atoms with Gasteiger partial charge in [0.1, 0.15) is 0 Å². The molecule has 0 radical (unpaired) electrons. The Morgan fingerprint density at radius 3 is 2.82 bits per heavy atom. The van der Waals surface area contributed by atoms with E-state index in [1.807, 2.05) is 6.20 Å². The van der Waals surface area contributed by atoms with Crippen molar-refractivity contribution < 1.29 is 0 Å². The molecule has 1 N–H and O–H groups in total. The number of aryl methyl sites for hydroxylation is 1. The van der Waals surface area contributed by atoms with Crippen molar-refractivity contribution in [3.8, 4) is 0 Å². The quantitative estimate of drug-likeness (QED) is 0.869. The molecule has 1 fully saturated rings. The van der Waals surface area contributed by atoms with Crippen molar-refractivity contribution in [3.05, 3.63) is 17.5 Å². The number of nitrogens with zero attached hydrogens (tertiary/aromatic N) is 2. The first kappa shape index (κ1) is 11.0. The SMILES string of the molecule is CC(C)C1CCc2nc(NC3CC3)ncc2C1. The lowest BCUT2D eigenvalue weighted by atomic mass is 9.80. The third kappa shape index (κ3) is 2.43. The molecule has 0 aliphatic heterocycles. The molecule has 1 heterocycles. The van der Waals surface area contributed by atoms with Crippen molar-refractivity contribution >= 4 is 5.95 Å². The third-order valence-electron chi connectivity index (χ3n) is 4.04. The molecule has 0 saturated heterocycles. The van der Waals surface area contributed by atoms with Crippen LogP contribution in [0.4, 0.5) is 5.95 Å². The number of anilines is 1. The molecule has 2 aliphatic rings. The van der Waals surface area contributed by atoms with E-state index in [0.717, 1.165) is 30.6 Å². The van der Waals surface area contributed by atoms with Crippen molar-refractivity contribution in [2.75, 3.05) is 5.32 Å². The number of rotatable bonds is 3. The van der Waals surface area contributed by atoms with Crippen molar-refractivity contribution in [1.29, 1.82) is 0 Å². The van der Waals surface area contributed by atoms with Gasteiger partial charge in [-0.15, -0.1) is 0 Å². The molecule has 1 aromatic heterocycles. The van der Waals surface area contributed by atoms with Crippen LogP contribution in [0.5, 0.6) is 0 Å². The number of hydrogen-bond acceptors (Lipinski definition) is 3. The molecule has 17 heavy (non-hydrogen) atoms. The van der Waals surface area contributed by atoms with Crippen molar-refractivity contribution in [1.82, 2.24) is 9.97 Å². The van der Waals surface area contributed by atoms with E-state index < -0.39 is 0 Å². The summed E-state index contributed by atoms with van der Waals surface area (Å²) in [6.07, 6.45) is 8.16. The average molecular weight is 231 g/mol. The lowest BCUT2D eigenvalue weighted by Crippen LogP contribution is -2.21. The van der Waals surface area contributed by atoms with E-state index in [1.165, 1.54) is 30.5 Å². The number of fused-ring (bicyclic) bond motifs is 1. The van der Waals surface area contributed by atoms with Crippen LogP contribution < -0.4 is 5.32 Å². The zero-order valence-electron chi connectivity index (χ0n) is 10.7. The van der Waals surface area contributed by atoms with Crippen LogP contribution in [-0.4, -0.2) is 16.0 Å². The van der Waals surface area contributed by atoms with Gasteiger partial charge in [-0.25, -0.2) is 9.97 Å². The van der Waals surface area contributed by atoms with Gasteiger partial charge in [-0.3, -0.25) is 0 Å². The Morgan fingerprint density at radius 1 is 1.29 bits per heavy atom. The summed E-state index contributed by atoms with van der Waals surface area (Å²) in [5.41, 5.74) is 2.65. The Balaban J connectivity index is 1.75. The van der Waals surface area contributed by atoms with Gasteiger partial charge in [0.05, 0.1) is 0 Å². The second kappa shape index (κ2) is 4.28. The van der Waals surface area contributed by atoms with Crippen LogP contribution in [0.25, 0.3) is 0 Å². The highest BCUT2D eigenvalue weighted by molar-refractivity contribution is 5.33. The maximum atomic E-state index is 4.66. The Bertz CT molecular complexity index is 410. The van der Waals surface area contributed by atoms with Crippen LogP contribution in [0.2, 0.25) is 0 Å². The molecule has 0 amide bonds. The molecular formula is C14H21N3. The van der Waals surface area contributed by atoms with E-state index in [1.54, 1.807) is 0 Å². The Kier molecular flexibility index (Phi) is 2.77. The smallest absolute Gasteiger partial charge is 0.223 e. The minimum Gasteiger partial charge on any atom is -0.351 e. The monoisotopic (exact) mass is 231 g/mol. The highest BCUT2D eigenvalue weighted by atomic mass is 15.1. The highest BCUT2D eigenvalue weighted by Crippen LogP contribution is 2.30. The second-order valence-electron chi connectivity index (χ2n) is 5.83. The summed E-state index contributed by atoms with van der Waals surface area (Å²) in [6.45, 7) is 4.64.